The van der Waals surface area contributed by atoms with E-state index in [2.05, 4.69) is 24.3 Å². The molecular formula is C15H17NO4. The van der Waals surface area contributed by atoms with Crippen LogP contribution in [0, 0.1) is 10.1 Å². The third kappa shape index (κ3) is 5.07. The zero-order chi connectivity index (χ0) is 15.0. The lowest BCUT2D eigenvalue weighted by atomic mass is 9.87. The van der Waals surface area contributed by atoms with Gasteiger partial charge in [0.2, 0.25) is 0 Å². The number of hydrogen-bond donors (Lipinski definition) is 2. The van der Waals surface area contributed by atoms with Gasteiger partial charge in [-0.05, 0) is 18.1 Å². The Kier molecular flexibility index (Phi) is 6.19. The first-order chi connectivity index (χ1) is 9.52. The largest absolute Gasteiger partial charge is 0.392 e. The molecule has 2 aromatic carbocycles. The first-order valence-corrected chi connectivity index (χ1v) is 6.13. The average molecular weight is 275 g/mol. The van der Waals surface area contributed by atoms with Gasteiger partial charge in [0.05, 0.1) is 6.10 Å². The van der Waals surface area contributed by atoms with Crippen LogP contribution in [0.4, 0.5) is 0 Å². The summed E-state index contributed by atoms with van der Waals surface area (Å²) < 4.78 is 0. The van der Waals surface area contributed by atoms with E-state index in [1.807, 2.05) is 43.3 Å². The Morgan fingerprint density at radius 1 is 0.950 bits per heavy atom. The normalized spacial score (nSPS) is 11.3. The fourth-order valence-electron chi connectivity index (χ4n) is 2.07. The van der Waals surface area contributed by atoms with Gasteiger partial charge < -0.3 is 10.3 Å². The molecule has 0 aliphatic carbocycles. The fourth-order valence-corrected chi connectivity index (χ4v) is 2.07. The molecule has 0 amide bonds. The highest BCUT2D eigenvalue weighted by Gasteiger charge is 2.18. The summed E-state index contributed by atoms with van der Waals surface area (Å²) in [5.74, 6) is 0.0578. The summed E-state index contributed by atoms with van der Waals surface area (Å²) in [4.78, 5) is 8.36. The Hall–Kier alpha value is -2.40. The molecule has 20 heavy (non-hydrogen) atoms. The van der Waals surface area contributed by atoms with Gasteiger partial charge in [-0.2, -0.15) is 0 Å². The smallest absolute Gasteiger partial charge is 0.291 e. The molecule has 0 bridgehead atoms. The molecule has 5 heteroatoms. The van der Waals surface area contributed by atoms with Crippen LogP contribution in [0.1, 0.15) is 24.0 Å². The third-order valence-corrected chi connectivity index (χ3v) is 2.80. The predicted octanol–water partition coefficient (Wildman–Crippen LogP) is 2.85. The van der Waals surface area contributed by atoms with Crippen molar-refractivity contribution in [2.45, 2.75) is 18.9 Å². The molecular weight excluding hydrogens is 258 g/mol. The van der Waals surface area contributed by atoms with Crippen molar-refractivity contribution in [1.82, 2.24) is 0 Å². The quantitative estimate of drug-likeness (QED) is 0.666. The third-order valence-electron chi connectivity index (χ3n) is 2.80. The molecule has 0 aromatic heterocycles. The van der Waals surface area contributed by atoms with Crippen molar-refractivity contribution in [2.75, 3.05) is 0 Å². The molecule has 2 aromatic rings. The van der Waals surface area contributed by atoms with Crippen LogP contribution in [-0.4, -0.2) is 21.5 Å². The standard InChI is InChI=1S/C15H16O.HNO3/c1-12(16)15(13-8-4-2-5-9-13)14-10-6-3-7-11-14;2-1(3)4/h2-12,15-16H,1H3;(H,2,3,4). The minimum absolute atomic E-state index is 0.0578. The van der Waals surface area contributed by atoms with E-state index in [9.17, 15) is 5.11 Å². The second-order valence-electron chi connectivity index (χ2n) is 4.28. The molecule has 0 spiro atoms. The Morgan fingerprint density at radius 2 is 1.25 bits per heavy atom. The summed E-state index contributed by atoms with van der Waals surface area (Å²) in [7, 11) is 0. The first kappa shape index (κ1) is 15.7. The van der Waals surface area contributed by atoms with Crippen LogP contribution in [-0.2, 0) is 0 Å². The minimum atomic E-state index is -1.50. The molecule has 0 saturated carbocycles. The van der Waals surface area contributed by atoms with Gasteiger partial charge in [0.1, 0.15) is 0 Å². The summed E-state index contributed by atoms with van der Waals surface area (Å²) in [6.45, 7) is 1.84. The molecule has 0 aliphatic rings. The van der Waals surface area contributed by atoms with Crippen LogP contribution in [0.15, 0.2) is 60.7 Å². The molecule has 5 nitrogen and oxygen atoms in total. The number of hydrogen-bond acceptors (Lipinski definition) is 3. The van der Waals surface area contributed by atoms with Gasteiger partial charge in [0.25, 0.3) is 5.09 Å². The number of benzene rings is 2. The van der Waals surface area contributed by atoms with Gasteiger partial charge in [0.15, 0.2) is 0 Å². The number of nitrogens with zero attached hydrogens (tertiary/aromatic N) is 1. The maximum atomic E-state index is 9.92. The highest BCUT2D eigenvalue weighted by Crippen LogP contribution is 2.27. The van der Waals surface area contributed by atoms with E-state index in [-0.39, 0.29) is 12.0 Å². The van der Waals surface area contributed by atoms with E-state index in [0.717, 1.165) is 11.1 Å². The van der Waals surface area contributed by atoms with Gasteiger partial charge in [-0.3, -0.25) is 0 Å². The topological polar surface area (TPSA) is 83.6 Å². The maximum Gasteiger partial charge on any atom is 0.291 e. The molecule has 0 aliphatic heterocycles. The Morgan fingerprint density at radius 3 is 1.50 bits per heavy atom. The zero-order valence-corrected chi connectivity index (χ0v) is 11.1. The van der Waals surface area contributed by atoms with E-state index in [1.165, 1.54) is 0 Å². The monoisotopic (exact) mass is 275 g/mol. The van der Waals surface area contributed by atoms with Crippen molar-refractivity contribution in [1.29, 1.82) is 0 Å². The van der Waals surface area contributed by atoms with Gasteiger partial charge in [-0.15, -0.1) is 10.1 Å². The second kappa shape index (κ2) is 7.91. The average Bonchev–Trinajstić information content (AvgIpc) is 2.40. The molecule has 1 atom stereocenters. The summed E-state index contributed by atoms with van der Waals surface area (Å²) in [6, 6.07) is 20.3. The van der Waals surface area contributed by atoms with Crippen molar-refractivity contribution in [3.8, 4) is 0 Å². The minimum Gasteiger partial charge on any atom is -0.392 e. The fraction of sp³-hybridized carbons (Fsp3) is 0.200. The Labute approximate surface area is 117 Å². The molecule has 0 heterocycles. The first-order valence-electron chi connectivity index (χ1n) is 6.13. The summed E-state index contributed by atoms with van der Waals surface area (Å²) in [6.07, 6.45) is -0.384. The van der Waals surface area contributed by atoms with Crippen molar-refractivity contribution in [2.24, 2.45) is 0 Å². The Bertz CT molecular complexity index is 470. The van der Waals surface area contributed by atoms with Crippen LogP contribution < -0.4 is 0 Å². The SMILES string of the molecule is CC(O)C(c1ccccc1)c1ccccc1.O=[N+]([O-])O. The molecule has 0 radical (unpaired) electrons. The van der Waals surface area contributed by atoms with E-state index < -0.39 is 5.09 Å². The van der Waals surface area contributed by atoms with E-state index >= 15 is 0 Å². The number of rotatable bonds is 3. The number of aliphatic hydroxyl groups excluding tert-OH is 1. The molecule has 2 N–H and O–H groups in total. The second-order valence-corrected chi connectivity index (χ2v) is 4.28. The van der Waals surface area contributed by atoms with Crippen molar-refractivity contribution in [3.05, 3.63) is 81.9 Å². The molecule has 1 unspecified atom stereocenters. The lowest BCUT2D eigenvalue weighted by Crippen LogP contribution is -2.15. The van der Waals surface area contributed by atoms with E-state index in [1.54, 1.807) is 0 Å². The lowest BCUT2D eigenvalue weighted by Gasteiger charge is -2.20. The van der Waals surface area contributed by atoms with Gasteiger partial charge in [-0.25, -0.2) is 0 Å². The Balaban J connectivity index is 0.000000444. The van der Waals surface area contributed by atoms with Crippen LogP contribution in [0.2, 0.25) is 0 Å². The van der Waals surface area contributed by atoms with Crippen molar-refractivity contribution in [3.63, 3.8) is 0 Å². The molecule has 106 valence electrons. The van der Waals surface area contributed by atoms with Crippen LogP contribution in [0.5, 0.6) is 0 Å². The van der Waals surface area contributed by atoms with Gasteiger partial charge in [-0.1, -0.05) is 60.7 Å². The highest BCUT2D eigenvalue weighted by molar-refractivity contribution is 5.33. The summed E-state index contributed by atoms with van der Waals surface area (Å²) in [5.41, 5.74) is 2.31. The van der Waals surface area contributed by atoms with Crippen molar-refractivity contribution < 1.29 is 15.4 Å². The molecule has 2 rings (SSSR count). The summed E-state index contributed by atoms with van der Waals surface area (Å²) in [5, 5.41) is 23.6. The number of aliphatic hydroxyl groups is 1. The predicted molar refractivity (Wildman–Crippen MR) is 75.2 cm³/mol. The van der Waals surface area contributed by atoms with Gasteiger partial charge in [0, 0.05) is 5.92 Å². The van der Waals surface area contributed by atoms with Crippen LogP contribution in [0.3, 0.4) is 0 Å². The lowest BCUT2D eigenvalue weighted by molar-refractivity contribution is -0.742. The van der Waals surface area contributed by atoms with Crippen LogP contribution >= 0.6 is 0 Å². The highest BCUT2D eigenvalue weighted by atomic mass is 16.9. The van der Waals surface area contributed by atoms with Crippen LogP contribution in [0.25, 0.3) is 0 Å². The summed E-state index contributed by atoms with van der Waals surface area (Å²) >= 11 is 0. The van der Waals surface area contributed by atoms with Crippen molar-refractivity contribution >= 4 is 0 Å². The van der Waals surface area contributed by atoms with E-state index in [4.69, 9.17) is 15.3 Å². The van der Waals surface area contributed by atoms with Gasteiger partial charge >= 0.3 is 0 Å². The van der Waals surface area contributed by atoms with E-state index in [0.29, 0.717) is 0 Å². The maximum absolute atomic E-state index is 9.92. The molecule has 0 saturated heterocycles. The molecule has 0 fully saturated rings. The zero-order valence-electron chi connectivity index (χ0n) is 11.1.